The van der Waals surface area contributed by atoms with Gasteiger partial charge in [-0.2, -0.15) is 5.10 Å². The molecule has 0 aliphatic heterocycles. The summed E-state index contributed by atoms with van der Waals surface area (Å²) in [6, 6.07) is 6.66. The number of ether oxygens (including phenoxy) is 1. The number of hydrogen-bond donors (Lipinski definition) is 1. The molecule has 2 heterocycles. The van der Waals surface area contributed by atoms with E-state index in [4.69, 9.17) is 14.1 Å². The molecular formula is C26H37N3O4Si. The van der Waals surface area contributed by atoms with Crippen LogP contribution in [0.4, 0.5) is 0 Å². The van der Waals surface area contributed by atoms with Gasteiger partial charge in [-0.3, -0.25) is 0 Å². The number of carbonyl (C=O) groups is 1. The summed E-state index contributed by atoms with van der Waals surface area (Å²) in [5.41, 5.74) is 3.40. The van der Waals surface area contributed by atoms with E-state index in [9.17, 15) is 9.90 Å². The number of fused-ring (bicyclic) bond motifs is 1. The first-order valence-electron chi connectivity index (χ1n) is 11.9. The van der Waals surface area contributed by atoms with Gasteiger partial charge < -0.3 is 14.3 Å². The molecule has 2 aromatic heterocycles. The van der Waals surface area contributed by atoms with Crippen LogP contribution in [0.2, 0.25) is 18.1 Å². The fourth-order valence-electron chi connectivity index (χ4n) is 3.56. The number of hydrogen-bond acceptors (Lipinski definition) is 6. The van der Waals surface area contributed by atoms with Crippen LogP contribution in [-0.2, 0) is 15.6 Å². The average Bonchev–Trinajstić information content (AvgIpc) is 3.20. The minimum Gasteiger partial charge on any atom is -0.508 e. The molecule has 0 saturated heterocycles. The van der Waals surface area contributed by atoms with Gasteiger partial charge in [0.2, 0.25) is 0 Å². The molecule has 184 valence electrons. The van der Waals surface area contributed by atoms with Crippen molar-refractivity contribution in [1.29, 1.82) is 0 Å². The highest BCUT2D eigenvalue weighted by molar-refractivity contribution is 6.74. The SMILES string of the molecule is COC(=O)c1cc(O)cc(-c2cnn3ccc(CCCCCCO[Si](C)(C)C(C)(C)C)nc23)c1. The summed E-state index contributed by atoms with van der Waals surface area (Å²) < 4.78 is 12.8. The van der Waals surface area contributed by atoms with Gasteiger partial charge in [0, 0.05) is 24.1 Å². The van der Waals surface area contributed by atoms with Crippen LogP contribution < -0.4 is 0 Å². The Balaban J connectivity index is 1.59. The maximum absolute atomic E-state index is 11.9. The van der Waals surface area contributed by atoms with Gasteiger partial charge in [0.25, 0.3) is 0 Å². The summed E-state index contributed by atoms with van der Waals surface area (Å²) in [6.45, 7) is 12.3. The second kappa shape index (κ2) is 10.7. The van der Waals surface area contributed by atoms with E-state index in [-0.39, 0.29) is 16.4 Å². The molecule has 0 radical (unpaired) electrons. The van der Waals surface area contributed by atoms with Crippen molar-refractivity contribution in [3.63, 3.8) is 0 Å². The molecule has 34 heavy (non-hydrogen) atoms. The van der Waals surface area contributed by atoms with E-state index < -0.39 is 14.3 Å². The standard InChI is InChI=1S/C26H37N3O4Si/c1-26(2,3)34(5,6)33-14-10-8-7-9-11-21-12-13-29-24(28-21)23(18-27-29)19-15-20(25(31)32-4)17-22(30)16-19/h12-13,15-18,30H,7-11,14H2,1-6H3. The van der Waals surface area contributed by atoms with Crippen LogP contribution in [0.1, 0.15) is 62.5 Å². The zero-order valence-corrected chi connectivity index (χ0v) is 22.2. The summed E-state index contributed by atoms with van der Waals surface area (Å²) >= 11 is 0. The number of esters is 1. The van der Waals surface area contributed by atoms with Gasteiger partial charge >= 0.3 is 5.97 Å². The molecule has 0 fully saturated rings. The molecule has 7 nitrogen and oxygen atoms in total. The van der Waals surface area contributed by atoms with E-state index in [1.165, 1.54) is 13.2 Å². The lowest BCUT2D eigenvalue weighted by Gasteiger charge is -2.36. The van der Waals surface area contributed by atoms with Gasteiger partial charge in [0.1, 0.15) is 5.75 Å². The topological polar surface area (TPSA) is 86.0 Å². The molecule has 0 atom stereocenters. The van der Waals surface area contributed by atoms with E-state index >= 15 is 0 Å². The third kappa shape index (κ3) is 6.24. The zero-order chi connectivity index (χ0) is 24.9. The van der Waals surface area contributed by atoms with Crippen molar-refractivity contribution in [2.24, 2.45) is 0 Å². The minimum atomic E-state index is -1.65. The first-order chi connectivity index (χ1) is 16.0. The fraction of sp³-hybridized carbons (Fsp3) is 0.500. The number of aromatic hydroxyl groups is 1. The van der Waals surface area contributed by atoms with Gasteiger partial charge in [0.05, 0.1) is 18.9 Å². The van der Waals surface area contributed by atoms with Crippen LogP contribution in [0.25, 0.3) is 16.8 Å². The van der Waals surface area contributed by atoms with Crippen LogP contribution in [0.3, 0.4) is 0 Å². The van der Waals surface area contributed by atoms with Crippen molar-refractivity contribution in [2.75, 3.05) is 13.7 Å². The van der Waals surface area contributed by atoms with Crippen LogP contribution in [0.5, 0.6) is 5.75 Å². The Labute approximate surface area is 203 Å². The molecule has 0 unspecified atom stereocenters. The summed E-state index contributed by atoms with van der Waals surface area (Å²) in [6.07, 6.45) is 8.92. The molecule has 3 aromatic rings. The molecule has 0 amide bonds. The Bertz CT molecular complexity index is 1130. The Morgan fingerprint density at radius 2 is 1.85 bits per heavy atom. The molecule has 1 N–H and O–H groups in total. The van der Waals surface area contributed by atoms with E-state index in [1.807, 2.05) is 12.3 Å². The third-order valence-corrected chi connectivity index (χ3v) is 11.2. The minimum absolute atomic E-state index is 0.00839. The third-order valence-electron chi connectivity index (χ3n) is 6.67. The number of aryl methyl sites for hydroxylation is 1. The highest BCUT2D eigenvalue weighted by atomic mass is 28.4. The van der Waals surface area contributed by atoms with Gasteiger partial charge in [-0.1, -0.05) is 33.6 Å². The summed E-state index contributed by atoms with van der Waals surface area (Å²) in [5.74, 6) is -0.511. The Hall–Kier alpha value is -2.71. The molecule has 0 aliphatic rings. The van der Waals surface area contributed by atoms with Gasteiger partial charge in [0.15, 0.2) is 14.0 Å². The first-order valence-corrected chi connectivity index (χ1v) is 14.8. The lowest BCUT2D eigenvalue weighted by Crippen LogP contribution is -2.40. The Morgan fingerprint density at radius 3 is 2.56 bits per heavy atom. The van der Waals surface area contributed by atoms with E-state index in [0.29, 0.717) is 11.2 Å². The maximum Gasteiger partial charge on any atom is 0.338 e. The second-order valence-corrected chi connectivity index (χ2v) is 15.1. The van der Waals surface area contributed by atoms with Crippen molar-refractivity contribution in [2.45, 2.75) is 71.0 Å². The molecule has 8 heteroatoms. The number of unbranched alkanes of at least 4 members (excludes halogenated alkanes) is 3. The molecule has 0 spiro atoms. The smallest absolute Gasteiger partial charge is 0.338 e. The molecular weight excluding hydrogens is 446 g/mol. The monoisotopic (exact) mass is 483 g/mol. The Kier molecular flexibility index (Phi) is 8.15. The number of nitrogens with zero attached hydrogens (tertiary/aromatic N) is 3. The van der Waals surface area contributed by atoms with Crippen molar-refractivity contribution < 1.29 is 19.1 Å². The van der Waals surface area contributed by atoms with Crippen LogP contribution in [0.15, 0.2) is 36.7 Å². The molecule has 0 saturated carbocycles. The predicted molar refractivity (Wildman–Crippen MR) is 137 cm³/mol. The zero-order valence-electron chi connectivity index (χ0n) is 21.2. The Morgan fingerprint density at radius 1 is 1.12 bits per heavy atom. The summed E-state index contributed by atoms with van der Waals surface area (Å²) in [4.78, 5) is 16.7. The number of rotatable bonds is 10. The number of benzene rings is 1. The molecule has 0 bridgehead atoms. The lowest BCUT2D eigenvalue weighted by molar-refractivity contribution is 0.0600. The van der Waals surface area contributed by atoms with Crippen LogP contribution in [0, 0.1) is 0 Å². The van der Waals surface area contributed by atoms with Gasteiger partial charge in [-0.05, 0) is 67.2 Å². The highest BCUT2D eigenvalue weighted by Gasteiger charge is 2.36. The fourth-order valence-corrected chi connectivity index (χ4v) is 4.64. The number of carbonyl (C=O) groups excluding carboxylic acids is 1. The van der Waals surface area contributed by atoms with Crippen molar-refractivity contribution in [3.05, 3.63) is 47.9 Å². The molecule has 1 aromatic carbocycles. The van der Waals surface area contributed by atoms with Crippen molar-refractivity contribution in [1.82, 2.24) is 14.6 Å². The van der Waals surface area contributed by atoms with Crippen molar-refractivity contribution >= 4 is 19.9 Å². The predicted octanol–water partition coefficient (Wildman–Crippen LogP) is 6.01. The quantitative estimate of drug-likeness (QED) is 0.216. The van der Waals surface area contributed by atoms with E-state index in [0.717, 1.165) is 50.0 Å². The van der Waals surface area contributed by atoms with Crippen LogP contribution >= 0.6 is 0 Å². The number of phenols is 1. The summed E-state index contributed by atoms with van der Waals surface area (Å²) in [5, 5.41) is 14.7. The number of phenolic OH excluding ortho intramolecular Hbond substituents is 1. The normalized spacial score (nSPS) is 12.3. The van der Waals surface area contributed by atoms with E-state index in [2.05, 4.69) is 39.0 Å². The number of methoxy groups -OCH3 is 1. The molecule has 0 aliphatic carbocycles. The molecule has 3 rings (SSSR count). The number of aromatic nitrogens is 3. The maximum atomic E-state index is 11.9. The first kappa shape index (κ1) is 25.9. The lowest BCUT2D eigenvalue weighted by atomic mass is 10.0. The average molecular weight is 484 g/mol. The van der Waals surface area contributed by atoms with Crippen LogP contribution in [-0.4, -0.2) is 47.7 Å². The van der Waals surface area contributed by atoms with E-state index in [1.54, 1.807) is 22.8 Å². The highest BCUT2D eigenvalue weighted by Crippen LogP contribution is 2.36. The van der Waals surface area contributed by atoms with Crippen molar-refractivity contribution in [3.8, 4) is 16.9 Å². The summed E-state index contributed by atoms with van der Waals surface area (Å²) in [7, 11) is -0.338. The second-order valence-electron chi connectivity index (χ2n) is 10.3. The van der Waals surface area contributed by atoms with Gasteiger partial charge in [-0.15, -0.1) is 0 Å². The van der Waals surface area contributed by atoms with Gasteiger partial charge in [-0.25, -0.2) is 14.3 Å². The largest absolute Gasteiger partial charge is 0.508 e.